The van der Waals surface area contributed by atoms with E-state index in [1.54, 1.807) is 7.11 Å². The van der Waals surface area contributed by atoms with Crippen molar-refractivity contribution in [3.8, 4) is 16.9 Å². The van der Waals surface area contributed by atoms with Gasteiger partial charge in [0, 0.05) is 35.5 Å². The molecule has 6 heteroatoms. The third-order valence-corrected chi connectivity index (χ3v) is 6.62. The van der Waals surface area contributed by atoms with Crippen LogP contribution < -0.4 is 25.6 Å². The van der Waals surface area contributed by atoms with Crippen molar-refractivity contribution in [1.29, 1.82) is 0 Å². The highest BCUT2D eigenvalue weighted by Gasteiger charge is 2.30. The molecular weight excluding hydrogens is 409 g/mol. The molecule has 4 aromatic carbocycles. The zero-order valence-electron chi connectivity index (χ0n) is 18.7. The van der Waals surface area contributed by atoms with E-state index in [2.05, 4.69) is 82.1 Å². The molecule has 0 aromatic heterocycles. The van der Waals surface area contributed by atoms with Gasteiger partial charge in [0.05, 0.1) is 20.3 Å². The fraction of sp³-hybridized carbons (Fsp3) is 0.185. The summed E-state index contributed by atoms with van der Waals surface area (Å²) in [5.41, 5.74) is 7.15. The van der Waals surface area contributed by atoms with Crippen LogP contribution in [-0.2, 0) is 4.74 Å². The molecular formula is C27H26BN3O2. The Morgan fingerprint density at radius 3 is 2.15 bits per heavy atom. The fourth-order valence-corrected chi connectivity index (χ4v) is 4.93. The zero-order valence-corrected chi connectivity index (χ0v) is 18.7. The molecule has 1 saturated heterocycles. The number of nitrogens with zero attached hydrogens (tertiary/aromatic N) is 1. The first-order valence-corrected chi connectivity index (χ1v) is 11.5. The number of ether oxygens (including phenoxy) is 2. The highest BCUT2D eigenvalue weighted by Crippen LogP contribution is 2.35. The van der Waals surface area contributed by atoms with Crippen molar-refractivity contribution in [2.24, 2.45) is 0 Å². The molecule has 0 spiro atoms. The van der Waals surface area contributed by atoms with E-state index >= 15 is 0 Å². The minimum absolute atomic E-state index is 0.0402. The van der Waals surface area contributed by atoms with E-state index in [9.17, 15) is 0 Å². The molecule has 2 N–H and O–H groups in total. The van der Waals surface area contributed by atoms with Gasteiger partial charge in [0.25, 0.3) is 0 Å². The van der Waals surface area contributed by atoms with Gasteiger partial charge in [0.2, 0.25) is 0 Å². The summed E-state index contributed by atoms with van der Waals surface area (Å²) in [7, 11) is 1.70. The lowest BCUT2D eigenvalue weighted by Crippen LogP contribution is -2.51. The van der Waals surface area contributed by atoms with Crippen molar-refractivity contribution in [3.63, 3.8) is 0 Å². The van der Waals surface area contributed by atoms with E-state index in [1.165, 1.54) is 33.0 Å². The number of anilines is 3. The SMILES string of the molecule is COc1ccc(-c2ccc(N3CCOCC3)c(B3Nc4cccc5cccc(c45)N3)c2)cc1. The fourth-order valence-electron chi connectivity index (χ4n) is 4.93. The number of benzene rings is 4. The topological polar surface area (TPSA) is 45.8 Å². The molecule has 4 aromatic rings. The summed E-state index contributed by atoms with van der Waals surface area (Å²) < 4.78 is 11.0. The second-order valence-corrected chi connectivity index (χ2v) is 8.53. The maximum atomic E-state index is 5.62. The van der Waals surface area contributed by atoms with Crippen molar-refractivity contribution < 1.29 is 9.47 Å². The minimum atomic E-state index is -0.0402. The standard InChI is InChI=1S/C27H26BN3O2/c1-32-22-11-8-19(9-12-22)21-10-13-26(31-14-16-33-17-15-31)23(18-21)28-29-24-6-2-4-20-5-3-7-25(30-28)27(20)24/h2-13,18,29-30H,14-17H2,1H3. The van der Waals surface area contributed by atoms with Crippen LogP contribution in [-0.4, -0.2) is 40.4 Å². The number of hydrogen-bond acceptors (Lipinski definition) is 5. The maximum Gasteiger partial charge on any atom is 0.408 e. The molecule has 0 saturated carbocycles. The van der Waals surface area contributed by atoms with Gasteiger partial charge in [-0.1, -0.05) is 48.5 Å². The normalized spacial score (nSPS) is 15.2. The van der Waals surface area contributed by atoms with Gasteiger partial charge in [0.15, 0.2) is 0 Å². The van der Waals surface area contributed by atoms with E-state index in [4.69, 9.17) is 9.47 Å². The molecule has 0 unspecified atom stereocenters. The van der Waals surface area contributed by atoms with Crippen molar-refractivity contribution in [1.82, 2.24) is 0 Å². The van der Waals surface area contributed by atoms with Gasteiger partial charge in [-0.05, 0) is 52.3 Å². The summed E-state index contributed by atoms with van der Waals surface area (Å²) in [6.45, 7) is 3.27. The second kappa shape index (κ2) is 8.37. The number of methoxy groups -OCH3 is 1. The monoisotopic (exact) mass is 435 g/mol. The molecule has 1 fully saturated rings. The Morgan fingerprint density at radius 1 is 0.818 bits per heavy atom. The highest BCUT2D eigenvalue weighted by atomic mass is 16.5. The van der Waals surface area contributed by atoms with E-state index < -0.39 is 0 Å². The molecule has 0 amide bonds. The summed E-state index contributed by atoms with van der Waals surface area (Å²) in [5.74, 6) is 0.865. The zero-order chi connectivity index (χ0) is 22.2. The van der Waals surface area contributed by atoms with E-state index in [1.807, 2.05) is 12.1 Å². The van der Waals surface area contributed by atoms with Crippen LogP contribution in [0, 0.1) is 0 Å². The van der Waals surface area contributed by atoms with Gasteiger partial charge >= 0.3 is 6.98 Å². The van der Waals surface area contributed by atoms with Crippen molar-refractivity contribution >= 4 is 40.3 Å². The first kappa shape index (κ1) is 20.0. The smallest absolute Gasteiger partial charge is 0.408 e. The Kier molecular flexibility index (Phi) is 5.08. The molecule has 164 valence electrons. The Balaban J connectivity index is 1.44. The van der Waals surface area contributed by atoms with Crippen LogP contribution in [0.1, 0.15) is 0 Å². The summed E-state index contributed by atoms with van der Waals surface area (Å²) in [4.78, 5) is 2.43. The maximum absolute atomic E-state index is 5.62. The molecule has 2 aliphatic heterocycles. The summed E-state index contributed by atoms with van der Waals surface area (Å²) >= 11 is 0. The van der Waals surface area contributed by atoms with Gasteiger partial charge in [-0.3, -0.25) is 0 Å². The van der Waals surface area contributed by atoms with Crippen LogP contribution in [0.5, 0.6) is 5.75 Å². The van der Waals surface area contributed by atoms with Gasteiger partial charge < -0.3 is 24.8 Å². The predicted octanol–water partition coefficient (Wildman–Crippen LogP) is 4.58. The molecule has 2 heterocycles. The van der Waals surface area contributed by atoms with E-state index in [0.717, 1.165) is 43.4 Å². The number of hydrogen-bond donors (Lipinski definition) is 2. The number of nitrogens with one attached hydrogen (secondary N) is 2. The lowest BCUT2D eigenvalue weighted by molar-refractivity contribution is 0.123. The Morgan fingerprint density at radius 2 is 1.48 bits per heavy atom. The average molecular weight is 435 g/mol. The number of morpholine rings is 1. The third kappa shape index (κ3) is 3.66. The molecule has 33 heavy (non-hydrogen) atoms. The second-order valence-electron chi connectivity index (χ2n) is 8.53. The van der Waals surface area contributed by atoms with Crippen LogP contribution in [0.15, 0.2) is 78.9 Å². The number of rotatable bonds is 4. The molecule has 5 nitrogen and oxygen atoms in total. The average Bonchev–Trinajstić information content (AvgIpc) is 2.89. The van der Waals surface area contributed by atoms with Crippen LogP contribution in [0.2, 0.25) is 0 Å². The van der Waals surface area contributed by atoms with E-state index in [0.29, 0.717) is 0 Å². The van der Waals surface area contributed by atoms with Crippen LogP contribution >= 0.6 is 0 Å². The molecule has 6 rings (SSSR count). The van der Waals surface area contributed by atoms with Crippen molar-refractivity contribution in [2.75, 3.05) is 48.8 Å². The molecule has 0 aliphatic carbocycles. The largest absolute Gasteiger partial charge is 0.497 e. The third-order valence-electron chi connectivity index (χ3n) is 6.62. The van der Waals surface area contributed by atoms with E-state index in [-0.39, 0.29) is 6.98 Å². The van der Waals surface area contributed by atoms with Crippen LogP contribution in [0.3, 0.4) is 0 Å². The first-order chi connectivity index (χ1) is 16.3. The molecule has 0 bridgehead atoms. The van der Waals surface area contributed by atoms with Gasteiger partial charge in [0.1, 0.15) is 5.75 Å². The quantitative estimate of drug-likeness (QED) is 0.460. The predicted molar refractivity (Wildman–Crippen MR) is 138 cm³/mol. The van der Waals surface area contributed by atoms with Gasteiger partial charge in [-0.25, -0.2) is 0 Å². The lowest BCUT2D eigenvalue weighted by atomic mass is 9.64. The first-order valence-electron chi connectivity index (χ1n) is 11.5. The summed E-state index contributed by atoms with van der Waals surface area (Å²) in [6.07, 6.45) is 0. The van der Waals surface area contributed by atoms with Crippen LogP contribution in [0.25, 0.3) is 21.9 Å². The highest BCUT2D eigenvalue weighted by molar-refractivity contribution is 6.81. The lowest BCUT2D eigenvalue weighted by Gasteiger charge is -2.34. The Bertz CT molecular complexity index is 1260. The minimum Gasteiger partial charge on any atom is -0.497 e. The summed E-state index contributed by atoms with van der Waals surface area (Å²) in [5, 5.41) is 10.0. The van der Waals surface area contributed by atoms with Crippen LogP contribution in [0.4, 0.5) is 17.1 Å². The molecule has 2 aliphatic rings. The van der Waals surface area contributed by atoms with Gasteiger partial charge in [-0.2, -0.15) is 0 Å². The van der Waals surface area contributed by atoms with Crippen molar-refractivity contribution in [3.05, 3.63) is 78.9 Å². The van der Waals surface area contributed by atoms with Crippen molar-refractivity contribution in [2.45, 2.75) is 0 Å². The van der Waals surface area contributed by atoms with Gasteiger partial charge in [-0.15, -0.1) is 0 Å². The Labute approximate surface area is 194 Å². The summed E-state index contributed by atoms with van der Waals surface area (Å²) in [6, 6.07) is 27.9. The molecule has 0 atom stereocenters. The Hall–Kier alpha value is -3.64. The molecule has 0 radical (unpaired) electrons.